The molecule has 6 nitrogen and oxygen atoms in total. The van der Waals surface area contributed by atoms with Crippen LogP contribution < -0.4 is 5.32 Å². The van der Waals surface area contributed by atoms with Gasteiger partial charge in [0.25, 0.3) is 0 Å². The summed E-state index contributed by atoms with van der Waals surface area (Å²) in [6.07, 6.45) is 5.05. The van der Waals surface area contributed by atoms with Crippen molar-refractivity contribution in [2.45, 2.75) is 24.4 Å². The molecule has 0 saturated heterocycles. The highest BCUT2D eigenvalue weighted by atomic mass is 35.5. The number of aromatic nitrogens is 3. The fourth-order valence-electron chi connectivity index (χ4n) is 2.24. The number of ether oxygens (including phenoxy) is 1. The first kappa shape index (κ1) is 18.2. The van der Waals surface area contributed by atoms with E-state index in [4.69, 9.17) is 16.3 Å². The molecule has 1 fully saturated rings. The number of hydrogen-bond donors (Lipinski definition) is 1. The molecule has 1 heterocycles. The third-order valence-corrected chi connectivity index (χ3v) is 4.95. The minimum atomic E-state index is -0.0205. The molecule has 1 saturated carbocycles. The molecule has 0 spiro atoms. The Hall–Kier alpha value is -1.57. The van der Waals surface area contributed by atoms with Gasteiger partial charge in [-0.25, -0.2) is 0 Å². The van der Waals surface area contributed by atoms with Crippen LogP contribution in [-0.2, 0) is 9.53 Å². The molecule has 0 unspecified atom stereocenters. The first-order valence-corrected chi connectivity index (χ1v) is 9.72. The quantitative estimate of drug-likeness (QED) is 0.507. The second-order valence-corrected chi connectivity index (χ2v) is 7.35. The van der Waals surface area contributed by atoms with Gasteiger partial charge in [0, 0.05) is 24.8 Å². The normalized spacial score (nSPS) is 13.8. The maximum Gasteiger partial charge on any atom is 0.230 e. The van der Waals surface area contributed by atoms with Crippen molar-refractivity contribution >= 4 is 29.3 Å². The lowest BCUT2D eigenvalue weighted by molar-refractivity contribution is -0.118. The fourth-order valence-corrected chi connectivity index (χ4v) is 3.19. The van der Waals surface area contributed by atoms with E-state index in [0.717, 1.165) is 24.6 Å². The van der Waals surface area contributed by atoms with E-state index in [9.17, 15) is 4.79 Å². The third kappa shape index (κ3) is 6.02. The number of nitrogens with zero attached hydrogens (tertiary/aromatic N) is 3. The fraction of sp³-hybridized carbons (Fsp3) is 0.471. The number of benzene rings is 1. The molecule has 0 atom stereocenters. The van der Waals surface area contributed by atoms with Gasteiger partial charge in [-0.15, -0.1) is 10.2 Å². The van der Waals surface area contributed by atoms with E-state index in [-0.39, 0.29) is 5.91 Å². The monoisotopic (exact) mass is 380 g/mol. The Morgan fingerprint density at radius 1 is 1.44 bits per heavy atom. The van der Waals surface area contributed by atoms with Crippen molar-refractivity contribution in [2.24, 2.45) is 5.92 Å². The van der Waals surface area contributed by atoms with Crippen molar-refractivity contribution in [2.75, 3.05) is 25.5 Å². The molecular weight excluding hydrogens is 360 g/mol. The van der Waals surface area contributed by atoms with Gasteiger partial charge in [0.1, 0.15) is 6.33 Å². The summed E-state index contributed by atoms with van der Waals surface area (Å²) in [5.74, 6) is 1.05. The lowest BCUT2D eigenvalue weighted by Crippen LogP contribution is -2.27. The molecule has 1 aliphatic rings. The molecule has 3 rings (SSSR count). The lowest BCUT2D eigenvalue weighted by atomic mass is 10.3. The van der Waals surface area contributed by atoms with E-state index in [1.807, 2.05) is 28.8 Å². The number of hydrogen-bond acceptors (Lipinski definition) is 5. The Balaban J connectivity index is 1.38. The summed E-state index contributed by atoms with van der Waals surface area (Å²) >= 11 is 7.37. The van der Waals surface area contributed by atoms with Crippen LogP contribution in [0.3, 0.4) is 0 Å². The van der Waals surface area contributed by atoms with Gasteiger partial charge in [-0.05, 0) is 43.4 Å². The van der Waals surface area contributed by atoms with Gasteiger partial charge >= 0.3 is 0 Å². The Kier molecular flexibility index (Phi) is 6.72. The molecule has 0 aliphatic heterocycles. The van der Waals surface area contributed by atoms with Crippen LogP contribution in [0.5, 0.6) is 0 Å². The predicted molar refractivity (Wildman–Crippen MR) is 98.3 cm³/mol. The Morgan fingerprint density at radius 3 is 3.12 bits per heavy atom. The van der Waals surface area contributed by atoms with Crippen LogP contribution in [-0.4, -0.2) is 46.2 Å². The first-order chi connectivity index (χ1) is 12.2. The molecular formula is C17H21ClN4O2S. The summed E-state index contributed by atoms with van der Waals surface area (Å²) in [4.78, 5) is 11.9. The summed E-state index contributed by atoms with van der Waals surface area (Å²) in [5, 5.41) is 12.2. The average Bonchev–Trinajstić information content (AvgIpc) is 3.31. The Bertz CT molecular complexity index is 705. The van der Waals surface area contributed by atoms with Crippen molar-refractivity contribution in [1.29, 1.82) is 0 Å². The van der Waals surface area contributed by atoms with E-state index in [2.05, 4.69) is 15.5 Å². The van der Waals surface area contributed by atoms with Crippen molar-refractivity contribution in [3.05, 3.63) is 35.6 Å². The molecule has 1 N–H and O–H groups in total. The summed E-state index contributed by atoms with van der Waals surface area (Å²) in [6, 6.07) is 7.42. The molecule has 1 amide bonds. The highest BCUT2D eigenvalue weighted by molar-refractivity contribution is 7.99. The predicted octanol–water partition coefficient (Wildman–Crippen LogP) is 2.95. The highest BCUT2D eigenvalue weighted by Crippen LogP contribution is 2.28. The number of halogens is 1. The van der Waals surface area contributed by atoms with Crippen LogP contribution in [0.1, 0.15) is 19.3 Å². The zero-order valence-electron chi connectivity index (χ0n) is 13.9. The first-order valence-electron chi connectivity index (χ1n) is 8.35. The molecule has 1 aliphatic carbocycles. The largest absolute Gasteiger partial charge is 0.381 e. The van der Waals surface area contributed by atoms with Crippen molar-refractivity contribution in [3.63, 3.8) is 0 Å². The van der Waals surface area contributed by atoms with Gasteiger partial charge in [0.2, 0.25) is 5.91 Å². The van der Waals surface area contributed by atoms with Crippen LogP contribution in [0.4, 0.5) is 0 Å². The average molecular weight is 381 g/mol. The highest BCUT2D eigenvalue weighted by Gasteiger charge is 2.20. The molecule has 2 aromatic rings. The maximum atomic E-state index is 11.9. The minimum Gasteiger partial charge on any atom is -0.381 e. The molecule has 25 heavy (non-hydrogen) atoms. The zero-order valence-corrected chi connectivity index (χ0v) is 15.4. The van der Waals surface area contributed by atoms with E-state index < -0.39 is 0 Å². The second-order valence-electron chi connectivity index (χ2n) is 5.97. The number of thioether (sulfide) groups is 1. The molecule has 0 radical (unpaired) electrons. The van der Waals surface area contributed by atoms with Crippen molar-refractivity contribution in [3.8, 4) is 5.69 Å². The van der Waals surface area contributed by atoms with Crippen molar-refractivity contribution in [1.82, 2.24) is 20.1 Å². The Morgan fingerprint density at radius 2 is 2.32 bits per heavy atom. The van der Waals surface area contributed by atoms with Gasteiger partial charge in [-0.1, -0.05) is 29.4 Å². The minimum absolute atomic E-state index is 0.0205. The maximum absolute atomic E-state index is 11.9. The van der Waals surface area contributed by atoms with Gasteiger partial charge in [0.15, 0.2) is 5.16 Å². The third-order valence-electron chi connectivity index (χ3n) is 3.77. The topological polar surface area (TPSA) is 69.0 Å². The second kappa shape index (κ2) is 9.22. The molecule has 1 aromatic heterocycles. The standard InChI is InChI=1S/C17H21ClN4O2S/c18-14-3-1-4-15(9-14)22-12-20-21-17(22)25-11-16(23)19-7-2-8-24-10-13-5-6-13/h1,3-4,9,12-13H,2,5-8,10-11H2,(H,19,23). The number of nitrogens with one attached hydrogen (secondary N) is 1. The molecule has 1 aromatic carbocycles. The number of carbonyl (C=O) groups is 1. The summed E-state index contributed by atoms with van der Waals surface area (Å²) in [6.45, 7) is 2.20. The van der Waals surface area contributed by atoms with Crippen LogP contribution in [0.25, 0.3) is 5.69 Å². The SMILES string of the molecule is O=C(CSc1nncn1-c1cccc(Cl)c1)NCCCOCC1CC1. The van der Waals surface area contributed by atoms with Gasteiger partial charge in [0.05, 0.1) is 11.4 Å². The van der Waals surface area contributed by atoms with E-state index in [0.29, 0.717) is 29.1 Å². The Labute approximate surface area is 156 Å². The van der Waals surface area contributed by atoms with Gasteiger partial charge in [-0.2, -0.15) is 0 Å². The number of amides is 1. The smallest absolute Gasteiger partial charge is 0.230 e. The van der Waals surface area contributed by atoms with Crippen LogP contribution in [0, 0.1) is 5.92 Å². The lowest BCUT2D eigenvalue weighted by Gasteiger charge is -2.07. The van der Waals surface area contributed by atoms with Crippen molar-refractivity contribution < 1.29 is 9.53 Å². The number of carbonyl (C=O) groups excluding carboxylic acids is 1. The zero-order chi connectivity index (χ0) is 17.5. The summed E-state index contributed by atoms with van der Waals surface area (Å²) in [7, 11) is 0. The van der Waals surface area contributed by atoms with Crippen LogP contribution >= 0.6 is 23.4 Å². The summed E-state index contributed by atoms with van der Waals surface area (Å²) in [5.41, 5.74) is 0.869. The summed E-state index contributed by atoms with van der Waals surface area (Å²) < 4.78 is 7.36. The molecule has 0 bridgehead atoms. The van der Waals surface area contributed by atoms with Gasteiger partial charge < -0.3 is 10.1 Å². The van der Waals surface area contributed by atoms with E-state index in [1.165, 1.54) is 24.6 Å². The van der Waals surface area contributed by atoms with E-state index >= 15 is 0 Å². The van der Waals surface area contributed by atoms with Gasteiger partial charge in [-0.3, -0.25) is 9.36 Å². The molecule has 8 heteroatoms. The van der Waals surface area contributed by atoms with Crippen LogP contribution in [0.2, 0.25) is 5.02 Å². The van der Waals surface area contributed by atoms with Crippen LogP contribution in [0.15, 0.2) is 35.7 Å². The molecule has 134 valence electrons. The number of rotatable bonds is 10. The van der Waals surface area contributed by atoms with E-state index in [1.54, 1.807) is 6.33 Å².